The van der Waals surface area contributed by atoms with E-state index in [1.165, 1.54) is 4.90 Å². The molecule has 3 aromatic carbocycles. The number of carbonyl (C=O) groups excluding carboxylic acids is 2. The molecule has 1 aliphatic heterocycles. The second kappa shape index (κ2) is 12.2. The molecule has 1 fully saturated rings. The molecule has 2 N–H and O–H groups in total. The molecular weight excluding hydrogens is 506 g/mol. The molecule has 3 aromatic rings. The van der Waals surface area contributed by atoms with Crippen LogP contribution in [0.4, 0.5) is 4.79 Å². The SMILES string of the molecule is CC(C(=O)OC(c1ccccc1)C(O)(c1ccccc1)c1ccccc1)C(O)C1CCCN1C(=O)OC(C)(C)C. The lowest BCUT2D eigenvalue weighted by molar-refractivity contribution is -0.172. The van der Waals surface area contributed by atoms with Gasteiger partial charge in [0.05, 0.1) is 18.1 Å². The molecule has 7 nitrogen and oxygen atoms in total. The van der Waals surface area contributed by atoms with Crippen LogP contribution in [0.1, 0.15) is 63.3 Å². The monoisotopic (exact) mass is 545 g/mol. The van der Waals surface area contributed by atoms with E-state index >= 15 is 0 Å². The van der Waals surface area contributed by atoms with Gasteiger partial charge in [-0.15, -0.1) is 0 Å². The maximum atomic E-state index is 13.7. The van der Waals surface area contributed by atoms with Crippen molar-refractivity contribution in [2.24, 2.45) is 5.92 Å². The van der Waals surface area contributed by atoms with Crippen LogP contribution in [-0.2, 0) is 19.9 Å². The first kappa shape index (κ1) is 29.3. The zero-order valence-electron chi connectivity index (χ0n) is 23.6. The lowest BCUT2D eigenvalue weighted by Crippen LogP contribution is -2.49. The van der Waals surface area contributed by atoms with Crippen LogP contribution in [0.3, 0.4) is 0 Å². The van der Waals surface area contributed by atoms with Crippen molar-refractivity contribution in [3.63, 3.8) is 0 Å². The quantitative estimate of drug-likeness (QED) is 0.358. The zero-order valence-corrected chi connectivity index (χ0v) is 23.6. The first-order valence-corrected chi connectivity index (χ1v) is 13.8. The van der Waals surface area contributed by atoms with Crippen LogP contribution >= 0.6 is 0 Å². The third kappa shape index (κ3) is 6.37. The summed E-state index contributed by atoms with van der Waals surface area (Å²) in [7, 11) is 0. The molecule has 0 bridgehead atoms. The summed E-state index contributed by atoms with van der Waals surface area (Å²) >= 11 is 0. The number of benzene rings is 3. The molecule has 4 unspecified atom stereocenters. The van der Waals surface area contributed by atoms with Crippen molar-refractivity contribution in [3.05, 3.63) is 108 Å². The van der Waals surface area contributed by atoms with Crippen LogP contribution in [-0.4, -0.2) is 51.5 Å². The number of carbonyl (C=O) groups is 2. The van der Waals surface area contributed by atoms with E-state index in [2.05, 4.69) is 0 Å². The summed E-state index contributed by atoms with van der Waals surface area (Å²) in [5.41, 5.74) is -0.683. The Labute approximate surface area is 236 Å². The van der Waals surface area contributed by atoms with Gasteiger partial charge in [-0.1, -0.05) is 91.0 Å². The van der Waals surface area contributed by atoms with Crippen molar-refractivity contribution in [1.82, 2.24) is 4.90 Å². The van der Waals surface area contributed by atoms with Gasteiger partial charge in [-0.2, -0.15) is 0 Å². The molecule has 0 spiro atoms. The van der Waals surface area contributed by atoms with Crippen LogP contribution in [0.25, 0.3) is 0 Å². The summed E-state index contributed by atoms with van der Waals surface area (Å²) in [5.74, 6) is -1.65. The molecular formula is C33H39NO6. The largest absolute Gasteiger partial charge is 0.453 e. The van der Waals surface area contributed by atoms with E-state index in [9.17, 15) is 19.8 Å². The van der Waals surface area contributed by atoms with Gasteiger partial charge in [0.25, 0.3) is 0 Å². The Balaban J connectivity index is 1.66. The highest BCUT2D eigenvalue weighted by atomic mass is 16.6. The molecule has 4 atom stereocenters. The molecule has 7 heteroatoms. The van der Waals surface area contributed by atoms with Gasteiger partial charge >= 0.3 is 12.1 Å². The first-order chi connectivity index (χ1) is 19.0. The van der Waals surface area contributed by atoms with Crippen molar-refractivity contribution in [2.75, 3.05) is 6.54 Å². The molecule has 4 rings (SSSR count). The van der Waals surface area contributed by atoms with E-state index in [0.717, 1.165) is 0 Å². The molecule has 212 valence electrons. The molecule has 0 aromatic heterocycles. The van der Waals surface area contributed by atoms with Gasteiger partial charge in [0, 0.05) is 6.54 Å². The third-order valence-electron chi connectivity index (χ3n) is 7.35. The van der Waals surface area contributed by atoms with Crippen molar-refractivity contribution < 1.29 is 29.3 Å². The van der Waals surface area contributed by atoms with Gasteiger partial charge in [-0.25, -0.2) is 4.79 Å². The van der Waals surface area contributed by atoms with Crippen LogP contribution in [0.2, 0.25) is 0 Å². The maximum Gasteiger partial charge on any atom is 0.410 e. The Morgan fingerprint density at radius 2 is 1.38 bits per heavy atom. The van der Waals surface area contributed by atoms with Crippen molar-refractivity contribution in [1.29, 1.82) is 0 Å². The number of likely N-dealkylation sites (tertiary alicyclic amines) is 1. The van der Waals surface area contributed by atoms with Crippen molar-refractivity contribution >= 4 is 12.1 Å². The predicted molar refractivity (Wildman–Crippen MR) is 152 cm³/mol. The smallest absolute Gasteiger partial charge is 0.410 e. The fourth-order valence-electron chi connectivity index (χ4n) is 5.27. The van der Waals surface area contributed by atoms with E-state index in [-0.39, 0.29) is 0 Å². The highest BCUT2D eigenvalue weighted by Gasteiger charge is 2.46. The fraction of sp³-hybridized carbons (Fsp3) is 0.394. The minimum atomic E-state index is -1.72. The molecule has 1 aliphatic rings. The van der Waals surface area contributed by atoms with Gasteiger partial charge in [0.15, 0.2) is 11.7 Å². The number of aliphatic hydroxyl groups excluding tert-OH is 1. The Hall–Kier alpha value is -3.68. The molecule has 1 amide bonds. The molecule has 0 radical (unpaired) electrons. The van der Waals surface area contributed by atoms with E-state index in [4.69, 9.17) is 9.47 Å². The fourth-order valence-corrected chi connectivity index (χ4v) is 5.27. The lowest BCUT2D eigenvalue weighted by Gasteiger charge is -2.38. The minimum absolute atomic E-state index is 0.437. The Morgan fingerprint density at radius 3 is 1.88 bits per heavy atom. The van der Waals surface area contributed by atoms with Gasteiger partial charge in [0.1, 0.15) is 5.60 Å². The number of ether oxygens (including phenoxy) is 2. The Kier molecular flexibility index (Phi) is 8.96. The normalized spacial score (nSPS) is 18.1. The summed E-state index contributed by atoms with van der Waals surface area (Å²) in [5, 5.41) is 23.8. The predicted octanol–water partition coefficient (Wildman–Crippen LogP) is 5.60. The summed E-state index contributed by atoms with van der Waals surface area (Å²) in [6.45, 7) is 7.39. The highest BCUT2D eigenvalue weighted by molar-refractivity contribution is 5.74. The van der Waals surface area contributed by atoms with Gasteiger partial charge in [-0.3, -0.25) is 4.79 Å². The number of nitrogens with zero attached hydrogens (tertiary/aromatic N) is 1. The summed E-state index contributed by atoms with van der Waals surface area (Å²) in [4.78, 5) is 28.0. The van der Waals surface area contributed by atoms with Gasteiger partial charge < -0.3 is 24.6 Å². The van der Waals surface area contributed by atoms with E-state index in [1.54, 1.807) is 64.1 Å². The second-order valence-electron chi connectivity index (χ2n) is 11.4. The zero-order chi connectivity index (χ0) is 28.9. The minimum Gasteiger partial charge on any atom is -0.453 e. The average Bonchev–Trinajstić information content (AvgIpc) is 3.45. The molecule has 0 saturated carbocycles. The Bertz CT molecular complexity index is 1220. The average molecular weight is 546 g/mol. The van der Waals surface area contributed by atoms with Crippen LogP contribution in [0, 0.1) is 5.92 Å². The number of esters is 1. The third-order valence-corrected chi connectivity index (χ3v) is 7.35. The number of hydrogen-bond donors (Lipinski definition) is 2. The van der Waals surface area contributed by atoms with Crippen molar-refractivity contribution in [2.45, 2.75) is 70.0 Å². The lowest BCUT2D eigenvalue weighted by atomic mass is 9.78. The molecule has 1 saturated heterocycles. The molecule has 0 aliphatic carbocycles. The molecule has 1 heterocycles. The van der Waals surface area contributed by atoms with Gasteiger partial charge in [0.2, 0.25) is 0 Å². The summed E-state index contributed by atoms with van der Waals surface area (Å²) < 4.78 is 11.7. The number of rotatable bonds is 8. The highest BCUT2D eigenvalue weighted by Crippen LogP contribution is 2.44. The van der Waals surface area contributed by atoms with E-state index in [0.29, 0.717) is 36.1 Å². The van der Waals surface area contributed by atoms with E-state index < -0.39 is 47.4 Å². The topological polar surface area (TPSA) is 96.3 Å². The Morgan fingerprint density at radius 1 is 0.875 bits per heavy atom. The number of amides is 1. The summed E-state index contributed by atoms with van der Waals surface area (Å²) in [6, 6.07) is 26.7. The van der Waals surface area contributed by atoms with Gasteiger partial charge in [-0.05, 0) is 57.2 Å². The van der Waals surface area contributed by atoms with Crippen LogP contribution < -0.4 is 0 Å². The van der Waals surface area contributed by atoms with Crippen molar-refractivity contribution in [3.8, 4) is 0 Å². The molecule has 40 heavy (non-hydrogen) atoms. The second-order valence-corrected chi connectivity index (χ2v) is 11.4. The van der Waals surface area contributed by atoms with Crippen LogP contribution in [0.15, 0.2) is 91.0 Å². The standard InChI is InChI=1S/C33H39NO6/c1-23(28(35)27-21-14-22-34(27)31(37)40-32(2,3)4)30(36)39-29(24-15-8-5-9-16-24)33(38,25-17-10-6-11-18-25)26-19-12-7-13-20-26/h5-13,15-20,23,27-29,35,38H,14,21-22H2,1-4H3. The van der Waals surface area contributed by atoms with Crippen LogP contribution in [0.5, 0.6) is 0 Å². The summed E-state index contributed by atoms with van der Waals surface area (Å²) in [6.07, 6.45) is -1.58. The maximum absolute atomic E-state index is 13.7. The first-order valence-electron chi connectivity index (χ1n) is 13.8. The van der Waals surface area contributed by atoms with E-state index in [1.807, 2.05) is 54.6 Å². The number of hydrogen-bond acceptors (Lipinski definition) is 6. The number of aliphatic hydroxyl groups is 2.